The first kappa shape index (κ1) is 13.9. The van der Waals surface area contributed by atoms with Crippen molar-refractivity contribution in [3.8, 4) is 11.8 Å². The highest BCUT2D eigenvalue weighted by molar-refractivity contribution is 9.10. The summed E-state index contributed by atoms with van der Waals surface area (Å²) in [6, 6.07) is 16.1. The van der Waals surface area contributed by atoms with Gasteiger partial charge in [-0.3, -0.25) is 0 Å². The van der Waals surface area contributed by atoms with Crippen LogP contribution in [0.15, 0.2) is 46.9 Å². The predicted molar refractivity (Wildman–Crippen MR) is 87.9 cm³/mol. The van der Waals surface area contributed by atoms with E-state index in [0.29, 0.717) is 5.57 Å². The Morgan fingerprint density at radius 2 is 2.05 bits per heavy atom. The van der Waals surface area contributed by atoms with Gasteiger partial charge in [-0.25, -0.2) is 0 Å². The largest absolute Gasteiger partial charge is 0.490 e. The first-order chi connectivity index (χ1) is 10.2. The lowest BCUT2D eigenvalue weighted by molar-refractivity contribution is 0.254. The Morgan fingerprint density at radius 1 is 1.29 bits per heavy atom. The molecule has 0 radical (unpaired) electrons. The molecule has 0 spiro atoms. The topological polar surface area (TPSA) is 33.0 Å². The second-order valence-corrected chi connectivity index (χ2v) is 6.09. The number of benzene rings is 2. The van der Waals surface area contributed by atoms with E-state index in [-0.39, 0.29) is 6.10 Å². The molecule has 3 rings (SSSR count). The summed E-state index contributed by atoms with van der Waals surface area (Å²) in [5.74, 6) is 0.960. The first-order valence-corrected chi connectivity index (χ1v) is 7.62. The summed E-state index contributed by atoms with van der Waals surface area (Å²) in [5, 5.41) is 9.39. The highest BCUT2D eigenvalue weighted by atomic mass is 79.9. The van der Waals surface area contributed by atoms with Gasteiger partial charge in [-0.1, -0.05) is 34.1 Å². The molecule has 1 heterocycles. The van der Waals surface area contributed by atoms with Crippen LogP contribution in [0, 0.1) is 11.3 Å². The summed E-state index contributed by atoms with van der Waals surface area (Å²) < 4.78 is 6.71. The zero-order valence-corrected chi connectivity index (χ0v) is 13.2. The minimum absolute atomic E-state index is 0.237. The van der Waals surface area contributed by atoms with Gasteiger partial charge in [0, 0.05) is 10.9 Å². The maximum Gasteiger partial charge on any atom is 0.123 e. The van der Waals surface area contributed by atoms with Gasteiger partial charge in [0.2, 0.25) is 0 Å². The molecule has 0 saturated heterocycles. The van der Waals surface area contributed by atoms with Gasteiger partial charge in [0.05, 0.1) is 11.6 Å². The summed E-state index contributed by atoms with van der Waals surface area (Å²) in [4.78, 5) is 0. The number of halogens is 1. The van der Waals surface area contributed by atoms with Crippen LogP contribution < -0.4 is 4.74 Å². The lowest BCUT2D eigenvalue weighted by atomic mass is 10.0. The summed E-state index contributed by atoms with van der Waals surface area (Å²) in [5.41, 5.74) is 3.83. The van der Waals surface area contributed by atoms with Crippen molar-refractivity contribution < 1.29 is 4.74 Å². The van der Waals surface area contributed by atoms with Crippen molar-refractivity contribution in [2.24, 2.45) is 0 Å². The Hall–Kier alpha value is -2.05. The fourth-order valence-electron chi connectivity index (χ4n) is 2.51. The molecule has 0 aromatic heterocycles. The summed E-state index contributed by atoms with van der Waals surface area (Å²) in [7, 11) is 0. The Balaban J connectivity index is 1.95. The third-order valence-electron chi connectivity index (χ3n) is 3.51. The zero-order chi connectivity index (χ0) is 14.8. The van der Waals surface area contributed by atoms with E-state index in [1.165, 1.54) is 5.56 Å². The average molecular weight is 340 g/mol. The number of rotatable bonds is 2. The van der Waals surface area contributed by atoms with Gasteiger partial charge in [0.25, 0.3) is 0 Å². The molecule has 104 valence electrons. The molecule has 2 aromatic rings. The van der Waals surface area contributed by atoms with Gasteiger partial charge >= 0.3 is 0 Å². The van der Waals surface area contributed by atoms with E-state index in [2.05, 4.69) is 35.0 Å². The number of nitriles is 1. The van der Waals surface area contributed by atoms with E-state index < -0.39 is 0 Å². The van der Waals surface area contributed by atoms with Crippen molar-refractivity contribution in [1.29, 1.82) is 5.26 Å². The van der Waals surface area contributed by atoms with Crippen LogP contribution in [-0.4, -0.2) is 6.10 Å². The van der Waals surface area contributed by atoms with Crippen molar-refractivity contribution in [2.45, 2.75) is 19.4 Å². The quantitative estimate of drug-likeness (QED) is 0.579. The molecule has 1 atom stereocenters. The van der Waals surface area contributed by atoms with Crippen LogP contribution in [0.1, 0.15) is 23.6 Å². The molecule has 0 amide bonds. The zero-order valence-electron chi connectivity index (χ0n) is 11.6. The maximum absolute atomic E-state index is 9.39. The summed E-state index contributed by atoms with van der Waals surface area (Å²) in [6.45, 7) is 2.07. The Morgan fingerprint density at radius 3 is 2.76 bits per heavy atom. The standard InChI is InChI=1S/C18H14BrNO/c1-12-8-15-9-13(2-7-18(15)21-12)10-16(11-20)14-3-5-17(19)6-4-14/h2-7,9-10,12H,8H2,1H3/b16-10+/t12-/m1/s1. The second-order valence-electron chi connectivity index (χ2n) is 5.18. The molecule has 0 N–H and O–H groups in total. The van der Waals surface area contributed by atoms with Crippen LogP contribution >= 0.6 is 15.9 Å². The molecular weight excluding hydrogens is 326 g/mol. The molecule has 0 unspecified atom stereocenters. The number of allylic oxidation sites excluding steroid dienone is 1. The lowest BCUT2D eigenvalue weighted by Gasteiger charge is -2.03. The third kappa shape index (κ3) is 3.01. The van der Waals surface area contributed by atoms with Crippen LogP contribution in [0.2, 0.25) is 0 Å². The number of fused-ring (bicyclic) bond motifs is 1. The number of ether oxygens (including phenoxy) is 1. The first-order valence-electron chi connectivity index (χ1n) is 6.83. The van der Waals surface area contributed by atoms with Gasteiger partial charge < -0.3 is 4.74 Å². The van der Waals surface area contributed by atoms with Gasteiger partial charge in [-0.2, -0.15) is 5.26 Å². The van der Waals surface area contributed by atoms with Crippen molar-refractivity contribution in [3.63, 3.8) is 0 Å². The number of nitrogens with zero attached hydrogens (tertiary/aromatic N) is 1. The van der Waals surface area contributed by atoms with Gasteiger partial charge in [0.15, 0.2) is 0 Å². The normalized spacial score (nSPS) is 17.0. The van der Waals surface area contributed by atoms with Crippen LogP contribution in [0.3, 0.4) is 0 Å². The van der Waals surface area contributed by atoms with E-state index >= 15 is 0 Å². The van der Waals surface area contributed by atoms with E-state index in [1.807, 2.05) is 42.5 Å². The molecule has 0 aliphatic carbocycles. The Bertz CT molecular complexity index is 741. The SMILES string of the molecule is C[C@@H]1Cc2cc(/C=C(\C#N)c3ccc(Br)cc3)ccc2O1. The minimum atomic E-state index is 0.237. The molecule has 21 heavy (non-hydrogen) atoms. The lowest BCUT2D eigenvalue weighted by Crippen LogP contribution is -2.05. The van der Waals surface area contributed by atoms with Gasteiger partial charge in [-0.15, -0.1) is 0 Å². The van der Waals surface area contributed by atoms with Crippen LogP contribution in [0.4, 0.5) is 0 Å². The van der Waals surface area contributed by atoms with Crippen LogP contribution in [0.5, 0.6) is 5.75 Å². The highest BCUT2D eigenvalue weighted by Gasteiger charge is 2.18. The predicted octanol–water partition coefficient (Wildman–Crippen LogP) is 4.84. The smallest absolute Gasteiger partial charge is 0.123 e. The Labute approximate surface area is 132 Å². The van der Waals surface area contributed by atoms with Crippen molar-refractivity contribution in [2.75, 3.05) is 0 Å². The van der Waals surface area contributed by atoms with E-state index in [9.17, 15) is 5.26 Å². The molecule has 2 aromatic carbocycles. The van der Waals surface area contributed by atoms with Crippen molar-refractivity contribution >= 4 is 27.6 Å². The maximum atomic E-state index is 9.39. The summed E-state index contributed by atoms with van der Waals surface area (Å²) >= 11 is 3.41. The molecular formula is C18H14BrNO. The van der Waals surface area contributed by atoms with E-state index in [4.69, 9.17) is 4.74 Å². The second kappa shape index (κ2) is 5.75. The monoisotopic (exact) mass is 339 g/mol. The van der Waals surface area contributed by atoms with Crippen molar-refractivity contribution in [3.05, 3.63) is 63.6 Å². The third-order valence-corrected chi connectivity index (χ3v) is 4.04. The average Bonchev–Trinajstić information content (AvgIpc) is 2.85. The highest BCUT2D eigenvalue weighted by Crippen LogP contribution is 2.30. The van der Waals surface area contributed by atoms with Gasteiger partial charge in [-0.05, 0) is 54.0 Å². The number of hydrogen-bond acceptors (Lipinski definition) is 2. The Kier molecular flexibility index (Phi) is 3.81. The van der Waals surface area contributed by atoms with E-state index in [0.717, 1.165) is 27.8 Å². The van der Waals surface area contributed by atoms with E-state index in [1.54, 1.807) is 0 Å². The van der Waals surface area contributed by atoms with Crippen molar-refractivity contribution in [1.82, 2.24) is 0 Å². The van der Waals surface area contributed by atoms with Crippen LogP contribution in [-0.2, 0) is 6.42 Å². The molecule has 0 fully saturated rings. The fraction of sp³-hybridized carbons (Fsp3) is 0.167. The molecule has 0 bridgehead atoms. The molecule has 0 saturated carbocycles. The number of hydrogen-bond donors (Lipinski definition) is 0. The molecule has 3 heteroatoms. The van der Waals surface area contributed by atoms with Crippen LogP contribution in [0.25, 0.3) is 11.6 Å². The fourth-order valence-corrected chi connectivity index (χ4v) is 2.77. The molecule has 2 nitrogen and oxygen atoms in total. The minimum Gasteiger partial charge on any atom is -0.490 e. The summed E-state index contributed by atoms with van der Waals surface area (Å²) in [6.07, 6.45) is 3.09. The van der Waals surface area contributed by atoms with Gasteiger partial charge in [0.1, 0.15) is 11.9 Å². The molecule has 1 aliphatic heterocycles. The molecule has 1 aliphatic rings.